The van der Waals surface area contributed by atoms with Crippen LogP contribution in [0.15, 0.2) is 18.2 Å². The molecule has 3 N–H and O–H groups in total. The van der Waals surface area contributed by atoms with E-state index in [4.69, 9.17) is 22.1 Å². The van der Waals surface area contributed by atoms with Crippen molar-refractivity contribution in [2.24, 2.45) is 0 Å². The lowest BCUT2D eigenvalue weighted by Crippen LogP contribution is -2.17. The molecule has 0 aliphatic rings. The van der Waals surface area contributed by atoms with Crippen molar-refractivity contribution in [2.75, 3.05) is 29.2 Å². The van der Waals surface area contributed by atoms with Crippen LogP contribution >= 0.6 is 23.4 Å². The van der Waals surface area contributed by atoms with Gasteiger partial charge in [0.1, 0.15) is 0 Å². The Kier molecular flexibility index (Phi) is 6.52. The second kappa shape index (κ2) is 7.91. The van der Waals surface area contributed by atoms with Gasteiger partial charge in [-0.15, -0.1) is 11.8 Å². The van der Waals surface area contributed by atoms with Crippen LogP contribution in [0.5, 0.6) is 0 Å². The molecule has 0 aliphatic heterocycles. The topological polar surface area (TPSA) is 81.4 Å². The summed E-state index contributed by atoms with van der Waals surface area (Å²) in [6, 6.07) is 4.83. The maximum atomic E-state index is 11.6. The summed E-state index contributed by atoms with van der Waals surface area (Å²) in [5.74, 6) is -0.289. The maximum absolute atomic E-state index is 11.6. The summed E-state index contributed by atoms with van der Waals surface area (Å²) in [6.07, 6.45) is 0. The molecule has 0 fully saturated rings. The summed E-state index contributed by atoms with van der Waals surface area (Å²) >= 11 is 6.99. The number of hydrogen-bond donors (Lipinski definition) is 2. The minimum absolute atomic E-state index is 0.144. The first-order chi connectivity index (χ1) is 9.02. The zero-order valence-corrected chi connectivity index (χ0v) is 12.0. The van der Waals surface area contributed by atoms with Crippen LogP contribution in [0.1, 0.15) is 6.92 Å². The number of rotatable bonds is 6. The molecule has 0 saturated heterocycles. The van der Waals surface area contributed by atoms with Crippen molar-refractivity contribution in [1.29, 1.82) is 0 Å². The molecule has 0 aliphatic carbocycles. The smallest absolute Gasteiger partial charge is 0.315 e. The number of benzene rings is 1. The van der Waals surface area contributed by atoms with Gasteiger partial charge in [0, 0.05) is 5.02 Å². The third-order valence-corrected chi connectivity index (χ3v) is 3.19. The number of thioether (sulfide) groups is 1. The molecule has 1 aromatic carbocycles. The van der Waals surface area contributed by atoms with Crippen molar-refractivity contribution in [3.63, 3.8) is 0 Å². The fourth-order valence-corrected chi connectivity index (χ4v) is 2.03. The number of carbonyl (C=O) groups is 2. The fraction of sp³-hybridized carbons (Fsp3) is 0.333. The second-order valence-electron chi connectivity index (χ2n) is 3.58. The number of amides is 1. The summed E-state index contributed by atoms with van der Waals surface area (Å²) in [7, 11) is 0. The quantitative estimate of drug-likeness (QED) is 0.621. The first kappa shape index (κ1) is 15.7. The van der Waals surface area contributed by atoms with Gasteiger partial charge in [-0.25, -0.2) is 0 Å². The predicted octanol–water partition coefficient (Wildman–Crippen LogP) is 2.16. The minimum atomic E-state index is -0.331. The van der Waals surface area contributed by atoms with Gasteiger partial charge in [-0.1, -0.05) is 11.6 Å². The van der Waals surface area contributed by atoms with Gasteiger partial charge in [0.15, 0.2) is 0 Å². The van der Waals surface area contributed by atoms with Crippen LogP contribution in [0.2, 0.25) is 5.02 Å². The van der Waals surface area contributed by atoms with Crippen molar-refractivity contribution in [1.82, 2.24) is 0 Å². The highest BCUT2D eigenvalue weighted by molar-refractivity contribution is 8.00. The van der Waals surface area contributed by atoms with E-state index < -0.39 is 0 Å². The lowest BCUT2D eigenvalue weighted by atomic mass is 10.2. The van der Waals surface area contributed by atoms with Crippen LogP contribution in [0, 0.1) is 0 Å². The Bertz CT molecular complexity index is 468. The Balaban J connectivity index is 2.39. The number of nitrogens with one attached hydrogen (secondary N) is 1. The molecule has 5 nitrogen and oxygen atoms in total. The number of nitrogen functional groups attached to an aromatic ring is 1. The third-order valence-electron chi connectivity index (χ3n) is 2.05. The summed E-state index contributed by atoms with van der Waals surface area (Å²) in [6.45, 7) is 2.07. The number of hydrogen-bond acceptors (Lipinski definition) is 5. The first-order valence-corrected chi connectivity index (χ1v) is 7.14. The largest absolute Gasteiger partial charge is 0.465 e. The lowest BCUT2D eigenvalue weighted by molar-refractivity contribution is -0.139. The van der Waals surface area contributed by atoms with Crippen molar-refractivity contribution < 1.29 is 14.3 Å². The van der Waals surface area contributed by atoms with Gasteiger partial charge in [0.25, 0.3) is 0 Å². The van der Waals surface area contributed by atoms with Crippen molar-refractivity contribution in [3.05, 3.63) is 23.2 Å². The van der Waals surface area contributed by atoms with Gasteiger partial charge in [0.05, 0.1) is 29.5 Å². The van der Waals surface area contributed by atoms with Gasteiger partial charge in [-0.2, -0.15) is 0 Å². The molecule has 0 spiro atoms. The summed E-state index contributed by atoms with van der Waals surface area (Å²) in [4.78, 5) is 22.7. The average Bonchev–Trinajstić information content (AvgIpc) is 2.34. The number of ether oxygens (including phenoxy) is 1. The van der Waals surface area contributed by atoms with E-state index in [0.717, 1.165) is 0 Å². The fourth-order valence-electron chi connectivity index (χ4n) is 1.25. The van der Waals surface area contributed by atoms with E-state index in [-0.39, 0.29) is 23.4 Å². The molecule has 19 heavy (non-hydrogen) atoms. The minimum Gasteiger partial charge on any atom is -0.465 e. The number of esters is 1. The molecule has 0 saturated carbocycles. The van der Waals surface area contributed by atoms with Crippen molar-refractivity contribution in [2.45, 2.75) is 6.92 Å². The molecule has 0 aromatic heterocycles. The number of nitrogens with two attached hydrogens (primary N) is 1. The van der Waals surface area contributed by atoms with Gasteiger partial charge in [-0.05, 0) is 25.1 Å². The third kappa shape index (κ3) is 5.85. The highest BCUT2D eigenvalue weighted by Crippen LogP contribution is 2.23. The van der Waals surface area contributed by atoms with Crippen LogP contribution in [0.25, 0.3) is 0 Å². The Morgan fingerprint density at radius 1 is 1.42 bits per heavy atom. The number of halogens is 1. The SMILES string of the molecule is CCOC(=O)CSCC(=O)Nc1cc(Cl)ccc1N. The molecule has 0 heterocycles. The van der Waals surface area contributed by atoms with E-state index >= 15 is 0 Å². The highest BCUT2D eigenvalue weighted by atomic mass is 35.5. The molecule has 1 amide bonds. The van der Waals surface area contributed by atoms with Gasteiger partial charge in [0.2, 0.25) is 5.91 Å². The molecule has 7 heteroatoms. The standard InChI is InChI=1S/C12H15ClN2O3S/c1-2-18-12(17)7-19-6-11(16)15-10-5-8(13)3-4-9(10)14/h3-5H,2,6-7,14H2,1H3,(H,15,16). The molecule has 0 unspecified atom stereocenters. The monoisotopic (exact) mass is 302 g/mol. The van der Waals surface area contributed by atoms with Gasteiger partial charge in [-0.3, -0.25) is 9.59 Å². The molecule has 104 valence electrons. The molecule has 1 aromatic rings. The van der Waals surface area contributed by atoms with E-state index in [9.17, 15) is 9.59 Å². The van der Waals surface area contributed by atoms with E-state index in [1.807, 2.05) is 0 Å². The zero-order chi connectivity index (χ0) is 14.3. The Hall–Kier alpha value is -1.40. The Morgan fingerprint density at radius 3 is 2.84 bits per heavy atom. The van der Waals surface area contributed by atoms with Crippen molar-refractivity contribution in [3.8, 4) is 0 Å². The van der Waals surface area contributed by atoms with E-state index in [2.05, 4.69) is 5.32 Å². The normalized spacial score (nSPS) is 10.0. The van der Waals surface area contributed by atoms with Gasteiger partial charge >= 0.3 is 5.97 Å². The maximum Gasteiger partial charge on any atom is 0.315 e. The molecule has 1 rings (SSSR count). The highest BCUT2D eigenvalue weighted by Gasteiger charge is 2.08. The molecule has 0 radical (unpaired) electrons. The summed E-state index contributed by atoms with van der Waals surface area (Å²) in [5.41, 5.74) is 6.60. The van der Waals surface area contributed by atoms with E-state index in [1.165, 1.54) is 11.8 Å². The molecule has 0 bridgehead atoms. The van der Waals surface area contributed by atoms with Crippen molar-refractivity contribution >= 4 is 46.6 Å². The van der Waals surface area contributed by atoms with Gasteiger partial charge < -0.3 is 15.8 Å². The molecule has 0 atom stereocenters. The van der Waals surface area contributed by atoms with E-state index in [1.54, 1.807) is 25.1 Å². The second-order valence-corrected chi connectivity index (χ2v) is 5.00. The van der Waals surface area contributed by atoms with Crippen LogP contribution in [0.3, 0.4) is 0 Å². The predicted molar refractivity (Wildman–Crippen MR) is 78.5 cm³/mol. The average molecular weight is 303 g/mol. The first-order valence-electron chi connectivity index (χ1n) is 5.61. The molecular formula is C12H15ClN2O3S. The summed E-state index contributed by atoms with van der Waals surface area (Å²) < 4.78 is 4.75. The number of carbonyl (C=O) groups excluding carboxylic acids is 2. The lowest BCUT2D eigenvalue weighted by Gasteiger charge is -2.08. The summed E-state index contributed by atoms with van der Waals surface area (Å²) in [5, 5.41) is 3.12. The Morgan fingerprint density at radius 2 is 2.16 bits per heavy atom. The van der Waals surface area contributed by atoms with E-state index in [0.29, 0.717) is 23.0 Å². The molecular weight excluding hydrogens is 288 g/mol. The van der Waals surface area contributed by atoms with Crippen LogP contribution in [-0.2, 0) is 14.3 Å². The number of anilines is 2. The van der Waals surface area contributed by atoms with Crippen LogP contribution in [0.4, 0.5) is 11.4 Å². The Labute approximate surface area is 120 Å². The van der Waals surface area contributed by atoms with Crippen LogP contribution < -0.4 is 11.1 Å². The zero-order valence-electron chi connectivity index (χ0n) is 10.4. The van der Waals surface area contributed by atoms with Crippen LogP contribution in [-0.4, -0.2) is 30.0 Å².